The second kappa shape index (κ2) is 11.1. The number of hydrogen-bond acceptors (Lipinski definition) is 5. The lowest BCUT2D eigenvalue weighted by Crippen LogP contribution is -2.38. The Balaban J connectivity index is 1.69. The molecule has 0 bridgehead atoms. The fraction of sp³-hybridized carbons (Fsp3) is 0.312. The third kappa shape index (κ3) is 4.78. The standard InChI is InChI=1S/C32H34N2O4/c1-4-18-38-29-13-9-6-10-24(29)32-31-26(33-25-11-7-8-12-27(25)34(32)30(36)5-2)19-22(20-28(31)35)21-14-16-23(37-3)17-15-21/h6-17,22,32-33H,4-5,18-20H2,1-3H3/t22-,32-/m1/s1. The molecule has 0 unspecified atom stereocenters. The van der Waals surface area contributed by atoms with Crippen LogP contribution in [0.2, 0.25) is 0 Å². The summed E-state index contributed by atoms with van der Waals surface area (Å²) in [6.45, 7) is 4.48. The molecule has 0 spiro atoms. The summed E-state index contributed by atoms with van der Waals surface area (Å²) in [6.07, 6.45) is 2.20. The van der Waals surface area contributed by atoms with Gasteiger partial charge in [0, 0.05) is 29.7 Å². The maximum Gasteiger partial charge on any atom is 0.227 e. The number of nitrogens with zero attached hydrogens (tertiary/aromatic N) is 1. The van der Waals surface area contributed by atoms with Crippen molar-refractivity contribution in [1.82, 2.24) is 0 Å². The van der Waals surface area contributed by atoms with Crippen LogP contribution < -0.4 is 19.7 Å². The summed E-state index contributed by atoms with van der Waals surface area (Å²) in [4.78, 5) is 29.5. The van der Waals surface area contributed by atoms with Crippen molar-refractivity contribution >= 4 is 23.1 Å². The first-order valence-corrected chi connectivity index (χ1v) is 13.4. The molecule has 6 heteroatoms. The lowest BCUT2D eigenvalue weighted by atomic mass is 9.78. The van der Waals surface area contributed by atoms with Gasteiger partial charge >= 0.3 is 0 Å². The number of rotatable bonds is 7. The van der Waals surface area contributed by atoms with Gasteiger partial charge in [-0.25, -0.2) is 0 Å². The molecule has 0 saturated heterocycles. The van der Waals surface area contributed by atoms with Crippen molar-refractivity contribution in [2.75, 3.05) is 23.9 Å². The van der Waals surface area contributed by atoms with Crippen LogP contribution in [0.4, 0.5) is 11.4 Å². The number of amides is 1. The van der Waals surface area contributed by atoms with Gasteiger partial charge in [-0.15, -0.1) is 0 Å². The van der Waals surface area contributed by atoms with E-state index in [2.05, 4.69) is 12.2 Å². The van der Waals surface area contributed by atoms with Crippen LogP contribution in [0.15, 0.2) is 84.1 Å². The summed E-state index contributed by atoms with van der Waals surface area (Å²) in [5, 5.41) is 3.58. The molecule has 0 aromatic heterocycles. The quantitative estimate of drug-likeness (QED) is 0.379. The van der Waals surface area contributed by atoms with Gasteiger partial charge in [0.2, 0.25) is 5.91 Å². The molecule has 1 aliphatic carbocycles. The van der Waals surface area contributed by atoms with Gasteiger partial charge in [0.1, 0.15) is 11.5 Å². The average Bonchev–Trinajstić information content (AvgIpc) is 3.10. The number of carbonyl (C=O) groups excluding carboxylic acids is 2. The van der Waals surface area contributed by atoms with E-state index in [4.69, 9.17) is 9.47 Å². The summed E-state index contributed by atoms with van der Waals surface area (Å²) in [5.41, 5.74) is 4.99. The SMILES string of the molecule is CCCOc1ccccc1[C@@H]1C2=C(C[C@@H](c3ccc(OC)cc3)CC2=O)Nc2ccccc2N1C(=O)CC. The Kier molecular flexibility index (Phi) is 7.50. The molecule has 0 saturated carbocycles. The molecular formula is C32H34N2O4. The monoisotopic (exact) mass is 510 g/mol. The highest BCUT2D eigenvalue weighted by atomic mass is 16.5. The van der Waals surface area contributed by atoms with Gasteiger partial charge in [-0.3, -0.25) is 14.5 Å². The van der Waals surface area contributed by atoms with E-state index in [-0.39, 0.29) is 17.6 Å². The van der Waals surface area contributed by atoms with Crippen molar-refractivity contribution in [2.24, 2.45) is 0 Å². The van der Waals surface area contributed by atoms with Gasteiger partial charge in [0.15, 0.2) is 5.78 Å². The Morgan fingerprint density at radius 3 is 2.45 bits per heavy atom. The van der Waals surface area contributed by atoms with E-state index in [0.717, 1.165) is 40.4 Å². The molecular weight excluding hydrogens is 476 g/mol. The molecule has 6 nitrogen and oxygen atoms in total. The van der Waals surface area contributed by atoms with E-state index in [9.17, 15) is 9.59 Å². The van der Waals surface area contributed by atoms with E-state index < -0.39 is 6.04 Å². The van der Waals surface area contributed by atoms with E-state index in [1.165, 1.54) is 0 Å². The molecule has 0 radical (unpaired) electrons. The van der Waals surface area contributed by atoms with Crippen molar-refractivity contribution in [1.29, 1.82) is 0 Å². The number of para-hydroxylation sites is 3. The highest BCUT2D eigenvalue weighted by Gasteiger charge is 2.42. The van der Waals surface area contributed by atoms with Crippen molar-refractivity contribution in [3.63, 3.8) is 0 Å². The summed E-state index contributed by atoms with van der Waals surface area (Å²) < 4.78 is 11.5. The highest BCUT2D eigenvalue weighted by Crippen LogP contribution is 2.49. The molecule has 38 heavy (non-hydrogen) atoms. The molecule has 1 heterocycles. The number of Topliss-reactive ketones (excluding diaryl/α,β-unsaturated/α-hetero) is 1. The maximum absolute atomic E-state index is 14.1. The number of hydrogen-bond donors (Lipinski definition) is 1. The topological polar surface area (TPSA) is 67.9 Å². The molecule has 0 fully saturated rings. The van der Waals surface area contributed by atoms with Crippen LogP contribution in [-0.2, 0) is 9.59 Å². The van der Waals surface area contributed by atoms with E-state index in [1.54, 1.807) is 12.0 Å². The van der Waals surface area contributed by atoms with Crippen LogP contribution in [0.3, 0.4) is 0 Å². The summed E-state index contributed by atoms with van der Waals surface area (Å²) >= 11 is 0. The molecule has 1 N–H and O–H groups in total. The average molecular weight is 511 g/mol. The van der Waals surface area contributed by atoms with Crippen molar-refractivity contribution in [3.05, 3.63) is 95.2 Å². The van der Waals surface area contributed by atoms with Crippen LogP contribution in [-0.4, -0.2) is 25.4 Å². The summed E-state index contributed by atoms with van der Waals surface area (Å²) in [7, 11) is 1.65. The normalized spacial score (nSPS) is 18.7. The van der Waals surface area contributed by atoms with Crippen LogP contribution in [0.1, 0.15) is 62.6 Å². The largest absolute Gasteiger partial charge is 0.497 e. The smallest absolute Gasteiger partial charge is 0.227 e. The zero-order valence-corrected chi connectivity index (χ0v) is 22.2. The van der Waals surface area contributed by atoms with Gasteiger partial charge in [-0.2, -0.15) is 0 Å². The van der Waals surface area contributed by atoms with Gasteiger partial charge in [0.05, 0.1) is 31.1 Å². The lowest BCUT2D eigenvalue weighted by molar-refractivity contribution is -0.119. The molecule has 5 rings (SSSR count). The Morgan fingerprint density at radius 2 is 1.71 bits per heavy atom. The zero-order valence-electron chi connectivity index (χ0n) is 22.2. The second-order valence-electron chi connectivity index (χ2n) is 9.74. The number of allylic oxidation sites excluding steroid dienone is 1. The molecule has 1 aliphatic heterocycles. The minimum atomic E-state index is -0.592. The molecule has 3 aromatic rings. The lowest BCUT2D eigenvalue weighted by Gasteiger charge is -2.35. The number of fused-ring (bicyclic) bond motifs is 1. The van der Waals surface area contributed by atoms with Gasteiger partial charge in [-0.05, 0) is 54.7 Å². The number of carbonyl (C=O) groups is 2. The Hall–Kier alpha value is -4.06. The Labute approximate surface area is 224 Å². The summed E-state index contributed by atoms with van der Waals surface area (Å²) in [5.74, 6) is 1.50. The van der Waals surface area contributed by atoms with Crippen LogP contribution in [0.5, 0.6) is 11.5 Å². The predicted octanol–water partition coefficient (Wildman–Crippen LogP) is 6.79. The Morgan fingerprint density at radius 1 is 0.974 bits per heavy atom. The van der Waals surface area contributed by atoms with E-state index >= 15 is 0 Å². The number of benzene rings is 3. The van der Waals surface area contributed by atoms with Crippen molar-refractivity contribution in [2.45, 2.75) is 51.5 Å². The number of nitrogens with one attached hydrogen (secondary N) is 1. The van der Waals surface area contributed by atoms with Crippen LogP contribution >= 0.6 is 0 Å². The van der Waals surface area contributed by atoms with E-state index in [1.807, 2.05) is 79.7 Å². The molecule has 2 atom stereocenters. The number of ether oxygens (including phenoxy) is 2. The molecule has 196 valence electrons. The van der Waals surface area contributed by atoms with Gasteiger partial charge < -0.3 is 14.8 Å². The van der Waals surface area contributed by atoms with Crippen LogP contribution in [0.25, 0.3) is 0 Å². The maximum atomic E-state index is 14.1. The third-order valence-corrected chi connectivity index (χ3v) is 7.32. The molecule has 3 aromatic carbocycles. The van der Waals surface area contributed by atoms with E-state index in [0.29, 0.717) is 37.2 Å². The van der Waals surface area contributed by atoms with Crippen molar-refractivity contribution in [3.8, 4) is 11.5 Å². The first kappa shape index (κ1) is 25.6. The fourth-order valence-corrected chi connectivity index (χ4v) is 5.49. The number of anilines is 2. The molecule has 1 amide bonds. The second-order valence-corrected chi connectivity index (χ2v) is 9.74. The van der Waals surface area contributed by atoms with Crippen LogP contribution in [0, 0.1) is 0 Å². The first-order valence-electron chi connectivity index (χ1n) is 13.4. The predicted molar refractivity (Wildman–Crippen MR) is 150 cm³/mol. The van der Waals surface area contributed by atoms with Crippen molar-refractivity contribution < 1.29 is 19.1 Å². The van der Waals surface area contributed by atoms with Gasteiger partial charge in [0.25, 0.3) is 0 Å². The summed E-state index contributed by atoms with van der Waals surface area (Å²) in [6, 6.07) is 22.9. The first-order chi connectivity index (χ1) is 18.5. The number of methoxy groups -OCH3 is 1. The third-order valence-electron chi connectivity index (χ3n) is 7.32. The molecule has 2 aliphatic rings. The minimum Gasteiger partial charge on any atom is -0.497 e. The fourth-order valence-electron chi connectivity index (χ4n) is 5.49. The number of ketones is 1. The highest BCUT2D eigenvalue weighted by molar-refractivity contribution is 6.06. The van der Waals surface area contributed by atoms with Gasteiger partial charge in [-0.1, -0.05) is 56.3 Å². The Bertz CT molecular complexity index is 1360. The minimum absolute atomic E-state index is 0.0208. The zero-order chi connectivity index (χ0) is 26.6.